The zero-order valence-electron chi connectivity index (χ0n) is 13.4. The normalized spacial score (nSPS) is 17.6. The Kier molecular flexibility index (Phi) is 5.17. The first-order valence-corrected chi connectivity index (χ1v) is 7.94. The van der Waals surface area contributed by atoms with Crippen molar-refractivity contribution >= 4 is 5.78 Å². The van der Waals surface area contributed by atoms with E-state index in [0.29, 0.717) is 19.0 Å². The number of Topliss-reactive ketones (excluding diaryl/α,β-unsaturated/α-hetero) is 1. The van der Waals surface area contributed by atoms with Gasteiger partial charge in [0.15, 0.2) is 5.78 Å². The largest absolute Gasteiger partial charge is 0.389 e. The molecule has 1 aromatic rings. The van der Waals surface area contributed by atoms with Gasteiger partial charge >= 0.3 is 0 Å². The standard InChI is InChI=1S/C18H27NO2/c1-14(2)15-6-8-16(9-7-15)17(20)12-19(3)13-18(21)10-4-5-11-18/h6-9,14,21H,4-5,10-13H2,1-3H3. The lowest BCUT2D eigenvalue weighted by Gasteiger charge is -2.28. The molecule has 0 aromatic heterocycles. The van der Waals surface area contributed by atoms with Gasteiger partial charge in [-0.1, -0.05) is 51.0 Å². The molecular weight excluding hydrogens is 262 g/mol. The molecule has 3 heteroatoms. The fourth-order valence-electron chi connectivity index (χ4n) is 3.14. The lowest BCUT2D eigenvalue weighted by molar-refractivity contribution is 0.0172. The van der Waals surface area contributed by atoms with E-state index in [-0.39, 0.29) is 5.78 Å². The summed E-state index contributed by atoms with van der Waals surface area (Å²) in [4.78, 5) is 14.2. The zero-order valence-corrected chi connectivity index (χ0v) is 13.4. The van der Waals surface area contributed by atoms with Gasteiger partial charge in [-0.25, -0.2) is 0 Å². The summed E-state index contributed by atoms with van der Waals surface area (Å²) in [6.07, 6.45) is 3.90. The first-order valence-electron chi connectivity index (χ1n) is 7.94. The lowest BCUT2D eigenvalue weighted by Crippen LogP contribution is -2.41. The molecule has 0 unspecified atom stereocenters. The molecule has 1 aliphatic carbocycles. The van der Waals surface area contributed by atoms with Gasteiger partial charge in [0.2, 0.25) is 0 Å². The highest BCUT2D eigenvalue weighted by molar-refractivity contribution is 5.97. The topological polar surface area (TPSA) is 40.5 Å². The predicted octanol–water partition coefficient (Wildman–Crippen LogP) is 3.23. The van der Waals surface area contributed by atoms with Crippen molar-refractivity contribution in [3.63, 3.8) is 0 Å². The molecule has 0 atom stereocenters. The number of carbonyl (C=O) groups excluding carboxylic acids is 1. The molecule has 1 aromatic carbocycles. The number of ketones is 1. The van der Waals surface area contributed by atoms with Gasteiger partial charge in [0.25, 0.3) is 0 Å². The maximum absolute atomic E-state index is 12.3. The molecule has 2 rings (SSSR count). The summed E-state index contributed by atoms with van der Waals surface area (Å²) in [5.74, 6) is 0.600. The quantitative estimate of drug-likeness (QED) is 0.817. The van der Waals surface area contributed by atoms with Gasteiger partial charge in [-0.3, -0.25) is 9.69 Å². The van der Waals surface area contributed by atoms with Crippen LogP contribution in [0.3, 0.4) is 0 Å². The molecule has 1 N–H and O–H groups in total. The Balaban J connectivity index is 1.91. The van der Waals surface area contributed by atoms with Crippen molar-refractivity contribution in [1.29, 1.82) is 0 Å². The van der Waals surface area contributed by atoms with Gasteiger partial charge in [-0.15, -0.1) is 0 Å². The van der Waals surface area contributed by atoms with Gasteiger partial charge in [0.1, 0.15) is 0 Å². The second-order valence-electron chi connectivity index (χ2n) is 6.80. The summed E-state index contributed by atoms with van der Waals surface area (Å²) < 4.78 is 0. The number of hydrogen-bond acceptors (Lipinski definition) is 3. The second kappa shape index (κ2) is 6.71. The van der Waals surface area contributed by atoms with Crippen LogP contribution in [0.1, 0.15) is 61.4 Å². The third-order valence-electron chi connectivity index (χ3n) is 4.41. The third-order valence-corrected chi connectivity index (χ3v) is 4.41. The molecule has 0 saturated heterocycles. The molecule has 21 heavy (non-hydrogen) atoms. The van der Waals surface area contributed by atoms with Gasteiger partial charge < -0.3 is 5.11 Å². The van der Waals surface area contributed by atoms with Crippen LogP contribution < -0.4 is 0 Å². The van der Waals surface area contributed by atoms with Crippen LogP contribution in [0.4, 0.5) is 0 Å². The van der Waals surface area contributed by atoms with E-state index in [4.69, 9.17) is 0 Å². The highest BCUT2D eigenvalue weighted by atomic mass is 16.3. The first kappa shape index (κ1) is 16.2. The van der Waals surface area contributed by atoms with Crippen LogP contribution in [0.25, 0.3) is 0 Å². The van der Waals surface area contributed by atoms with Crippen molar-refractivity contribution in [2.24, 2.45) is 0 Å². The molecule has 1 saturated carbocycles. The SMILES string of the molecule is CC(C)c1ccc(C(=O)CN(C)CC2(O)CCCC2)cc1. The first-order chi connectivity index (χ1) is 9.89. The smallest absolute Gasteiger partial charge is 0.176 e. The van der Waals surface area contributed by atoms with Gasteiger partial charge in [0.05, 0.1) is 12.1 Å². The highest BCUT2D eigenvalue weighted by Gasteiger charge is 2.32. The summed E-state index contributed by atoms with van der Waals surface area (Å²) in [7, 11) is 1.91. The molecular formula is C18H27NO2. The van der Waals surface area contributed by atoms with Crippen molar-refractivity contribution in [1.82, 2.24) is 4.90 Å². The summed E-state index contributed by atoms with van der Waals surface area (Å²) in [5, 5.41) is 10.4. The molecule has 1 aliphatic rings. The molecule has 3 nitrogen and oxygen atoms in total. The molecule has 0 spiro atoms. The minimum atomic E-state index is -0.587. The van der Waals surface area contributed by atoms with Crippen LogP contribution in [0.15, 0.2) is 24.3 Å². The van der Waals surface area contributed by atoms with Crippen molar-refractivity contribution < 1.29 is 9.90 Å². The zero-order chi connectivity index (χ0) is 15.5. The summed E-state index contributed by atoms with van der Waals surface area (Å²) >= 11 is 0. The van der Waals surface area contributed by atoms with Crippen LogP contribution in [-0.4, -0.2) is 41.5 Å². The maximum atomic E-state index is 12.3. The molecule has 0 heterocycles. The van der Waals surface area contributed by atoms with Crippen molar-refractivity contribution in [3.05, 3.63) is 35.4 Å². The van der Waals surface area contributed by atoms with E-state index in [9.17, 15) is 9.90 Å². The van der Waals surface area contributed by atoms with E-state index >= 15 is 0 Å². The predicted molar refractivity (Wildman–Crippen MR) is 85.8 cm³/mol. The molecule has 0 aliphatic heterocycles. The molecule has 0 radical (unpaired) electrons. The van der Waals surface area contributed by atoms with E-state index in [1.165, 1.54) is 5.56 Å². The average molecular weight is 289 g/mol. The second-order valence-corrected chi connectivity index (χ2v) is 6.80. The number of carbonyl (C=O) groups is 1. The number of likely N-dealkylation sites (N-methyl/N-ethyl adjacent to an activating group) is 1. The van der Waals surface area contributed by atoms with Crippen molar-refractivity contribution in [2.75, 3.05) is 20.1 Å². The summed E-state index contributed by atoms with van der Waals surface area (Å²) in [5.41, 5.74) is 1.42. The average Bonchev–Trinajstić information content (AvgIpc) is 2.84. The van der Waals surface area contributed by atoms with E-state index in [2.05, 4.69) is 13.8 Å². The van der Waals surface area contributed by atoms with Crippen molar-refractivity contribution in [3.8, 4) is 0 Å². The number of rotatable bonds is 6. The van der Waals surface area contributed by atoms with E-state index in [0.717, 1.165) is 31.2 Å². The Hall–Kier alpha value is -1.19. The Labute approximate surface area is 128 Å². The van der Waals surface area contributed by atoms with E-state index < -0.39 is 5.60 Å². The Morgan fingerprint density at radius 1 is 1.24 bits per heavy atom. The molecule has 0 bridgehead atoms. The lowest BCUT2D eigenvalue weighted by atomic mass is 9.99. The Morgan fingerprint density at radius 3 is 2.33 bits per heavy atom. The Bertz CT molecular complexity index is 472. The molecule has 116 valence electrons. The summed E-state index contributed by atoms with van der Waals surface area (Å²) in [6.45, 7) is 5.24. The summed E-state index contributed by atoms with van der Waals surface area (Å²) in [6, 6.07) is 7.89. The fraction of sp³-hybridized carbons (Fsp3) is 0.611. The number of benzene rings is 1. The molecule has 0 amide bonds. The van der Waals surface area contributed by atoms with Crippen LogP contribution in [0, 0.1) is 0 Å². The monoisotopic (exact) mass is 289 g/mol. The van der Waals surface area contributed by atoms with Crippen LogP contribution in [-0.2, 0) is 0 Å². The minimum Gasteiger partial charge on any atom is -0.389 e. The maximum Gasteiger partial charge on any atom is 0.176 e. The third kappa shape index (κ3) is 4.39. The minimum absolute atomic E-state index is 0.120. The van der Waals surface area contributed by atoms with E-state index in [1.807, 2.05) is 36.2 Å². The Morgan fingerprint density at radius 2 is 1.81 bits per heavy atom. The number of hydrogen-bond donors (Lipinski definition) is 1. The van der Waals surface area contributed by atoms with Gasteiger partial charge in [-0.2, -0.15) is 0 Å². The fourth-order valence-corrected chi connectivity index (χ4v) is 3.14. The van der Waals surface area contributed by atoms with Crippen LogP contribution >= 0.6 is 0 Å². The number of aliphatic hydroxyl groups is 1. The van der Waals surface area contributed by atoms with Gasteiger partial charge in [-0.05, 0) is 31.4 Å². The highest BCUT2D eigenvalue weighted by Crippen LogP contribution is 2.29. The van der Waals surface area contributed by atoms with E-state index in [1.54, 1.807) is 0 Å². The van der Waals surface area contributed by atoms with Crippen molar-refractivity contribution in [2.45, 2.75) is 51.0 Å². The van der Waals surface area contributed by atoms with Crippen LogP contribution in [0.5, 0.6) is 0 Å². The molecule has 1 fully saturated rings. The van der Waals surface area contributed by atoms with Gasteiger partial charge in [0, 0.05) is 12.1 Å². The number of nitrogens with zero attached hydrogens (tertiary/aromatic N) is 1. The van der Waals surface area contributed by atoms with Crippen LogP contribution in [0.2, 0.25) is 0 Å².